The SMILES string of the molecule is CS(=O)(=O)C1CSCCN1C(CN)c1ccncn1. The topological polar surface area (TPSA) is 89.2 Å². The lowest BCUT2D eigenvalue weighted by molar-refractivity contribution is 0.194. The van der Waals surface area contributed by atoms with E-state index in [1.54, 1.807) is 24.0 Å². The lowest BCUT2D eigenvalue weighted by atomic mass is 10.1. The zero-order chi connectivity index (χ0) is 13.9. The van der Waals surface area contributed by atoms with Crippen LogP contribution < -0.4 is 5.73 Å². The fourth-order valence-electron chi connectivity index (χ4n) is 2.24. The van der Waals surface area contributed by atoms with Crippen molar-refractivity contribution in [3.8, 4) is 0 Å². The molecule has 2 unspecified atom stereocenters. The molecule has 0 aliphatic carbocycles. The van der Waals surface area contributed by atoms with E-state index < -0.39 is 15.2 Å². The summed E-state index contributed by atoms with van der Waals surface area (Å²) in [5.41, 5.74) is 6.61. The highest BCUT2D eigenvalue weighted by molar-refractivity contribution is 8.00. The number of nitrogens with zero attached hydrogens (tertiary/aromatic N) is 3. The van der Waals surface area contributed by atoms with Gasteiger partial charge in [0.25, 0.3) is 0 Å². The van der Waals surface area contributed by atoms with Gasteiger partial charge in [-0.15, -0.1) is 0 Å². The molecule has 2 rings (SSSR count). The molecule has 106 valence electrons. The Morgan fingerprint density at radius 1 is 1.63 bits per heavy atom. The van der Waals surface area contributed by atoms with E-state index in [1.165, 1.54) is 12.6 Å². The highest BCUT2D eigenvalue weighted by atomic mass is 32.2. The van der Waals surface area contributed by atoms with Gasteiger partial charge in [0.1, 0.15) is 11.7 Å². The minimum absolute atomic E-state index is 0.177. The Morgan fingerprint density at radius 2 is 2.42 bits per heavy atom. The lowest BCUT2D eigenvalue weighted by Crippen LogP contribution is -2.50. The molecule has 1 saturated heterocycles. The Hall–Kier alpha value is -0.700. The Kier molecular flexibility index (Phi) is 4.77. The summed E-state index contributed by atoms with van der Waals surface area (Å²) < 4.78 is 23.8. The first-order chi connectivity index (χ1) is 9.04. The average molecular weight is 302 g/mol. The smallest absolute Gasteiger partial charge is 0.164 e. The van der Waals surface area contributed by atoms with Crippen LogP contribution in [0.4, 0.5) is 0 Å². The number of hydrogen-bond donors (Lipinski definition) is 1. The molecule has 8 heteroatoms. The van der Waals surface area contributed by atoms with Crippen LogP contribution in [0.5, 0.6) is 0 Å². The van der Waals surface area contributed by atoms with E-state index >= 15 is 0 Å². The molecule has 2 atom stereocenters. The largest absolute Gasteiger partial charge is 0.329 e. The molecule has 0 saturated carbocycles. The maximum Gasteiger partial charge on any atom is 0.164 e. The summed E-state index contributed by atoms with van der Waals surface area (Å²) in [6.07, 6.45) is 4.40. The van der Waals surface area contributed by atoms with Crippen molar-refractivity contribution in [1.82, 2.24) is 14.9 Å². The molecule has 1 aromatic rings. The normalized spacial score (nSPS) is 23.2. The lowest BCUT2D eigenvalue weighted by Gasteiger charge is -2.39. The standard InChI is InChI=1S/C11H18N4O2S2/c1-19(16,17)11-7-18-5-4-15(11)10(6-12)9-2-3-13-8-14-9/h2-3,8,10-11H,4-7,12H2,1H3. The number of hydrogen-bond acceptors (Lipinski definition) is 7. The van der Waals surface area contributed by atoms with Gasteiger partial charge in [0.15, 0.2) is 9.84 Å². The van der Waals surface area contributed by atoms with E-state index in [0.717, 1.165) is 11.4 Å². The molecule has 0 radical (unpaired) electrons. The molecule has 2 heterocycles. The third-order valence-corrected chi connectivity index (χ3v) is 5.85. The third-order valence-electron chi connectivity index (χ3n) is 3.19. The molecule has 0 amide bonds. The second-order valence-corrected chi connectivity index (χ2v) is 7.84. The van der Waals surface area contributed by atoms with Gasteiger partial charge in [-0.25, -0.2) is 18.4 Å². The van der Waals surface area contributed by atoms with Crippen LogP contribution in [0.15, 0.2) is 18.6 Å². The van der Waals surface area contributed by atoms with Crippen LogP contribution in [-0.2, 0) is 9.84 Å². The summed E-state index contributed by atoms with van der Waals surface area (Å²) >= 11 is 1.66. The zero-order valence-corrected chi connectivity index (χ0v) is 12.4. The summed E-state index contributed by atoms with van der Waals surface area (Å²) in [6, 6.07) is 1.61. The third kappa shape index (κ3) is 3.44. The monoisotopic (exact) mass is 302 g/mol. The van der Waals surface area contributed by atoms with Crippen LogP contribution in [0.2, 0.25) is 0 Å². The number of aromatic nitrogens is 2. The van der Waals surface area contributed by atoms with Crippen molar-refractivity contribution in [1.29, 1.82) is 0 Å². The maximum absolute atomic E-state index is 11.9. The second-order valence-electron chi connectivity index (χ2n) is 4.48. The average Bonchev–Trinajstić information content (AvgIpc) is 2.40. The Labute approximate surface area is 117 Å². The van der Waals surface area contributed by atoms with Gasteiger partial charge in [0, 0.05) is 37.0 Å². The minimum atomic E-state index is -3.13. The molecule has 2 N–H and O–H groups in total. The van der Waals surface area contributed by atoms with Crippen molar-refractivity contribution in [3.63, 3.8) is 0 Å². The van der Waals surface area contributed by atoms with Crippen molar-refractivity contribution in [2.75, 3.05) is 30.9 Å². The fourth-order valence-corrected chi connectivity index (χ4v) is 5.17. The van der Waals surface area contributed by atoms with Crippen LogP contribution in [0.25, 0.3) is 0 Å². The Bertz CT molecular complexity index is 509. The van der Waals surface area contributed by atoms with Gasteiger partial charge in [0.2, 0.25) is 0 Å². The highest BCUT2D eigenvalue weighted by Crippen LogP contribution is 2.28. The van der Waals surface area contributed by atoms with E-state index in [0.29, 0.717) is 18.8 Å². The quantitative estimate of drug-likeness (QED) is 0.830. The molecule has 19 heavy (non-hydrogen) atoms. The van der Waals surface area contributed by atoms with Crippen LogP contribution in [0.1, 0.15) is 11.7 Å². The minimum Gasteiger partial charge on any atom is -0.329 e. The van der Waals surface area contributed by atoms with Crippen molar-refractivity contribution >= 4 is 21.6 Å². The molecule has 0 aromatic carbocycles. The predicted molar refractivity (Wildman–Crippen MR) is 76.5 cm³/mol. The van der Waals surface area contributed by atoms with Gasteiger partial charge in [-0.1, -0.05) is 0 Å². The number of thioether (sulfide) groups is 1. The number of rotatable bonds is 4. The Morgan fingerprint density at radius 3 is 3.00 bits per heavy atom. The van der Waals surface area contributed by atoms with Crippen LogP contribution >= 0.6 is 11.8 Å². The molecule has 1 fully saturated rings. The molecule has 6 nitrogen and oxygen atoms in total. The van der Waals surface area contributed by atoms with Crippen LogP contribution in [0.3, 0.4) is 0 Å². The molecule has 0 spiro atoms. The van der Waals surface area contributed by atoms with E-state index in [4.69, 9.17) is 5.73 Å². The van der Waals surface area contributed by atoms with Gasteiger partial charge in [-0.2, -0.15) is 11.8 Å². The summed E-state index contributed by atoms with van der Waals surface area (Å²) in [7, 11) is -3.13. The molecular weight excluding hydrogens is 284 g/mol. The first-order valence-electron chi connectivity index (χ1n) is 6.02. The van der Waals surface area contributed by atoms with Gasteiger partial charge < -0.3 is 5.73 Å². The first kappa shape index (κ1) is 14.7. The van der Waals surface area contributed by atoms with Crippen molar-refractivity contribution in [2.45, 2.75) is 11.4 Å². The van der Waals surface area contributed by atoms with Gasteiger partial charge in [0.05, 0.1) is 11.7 Å². The summed E-state index contributed by atoms with van der Waals surface area (Å²) in [4.78, 5) is 10.0. The summed E-state index contributed by atoms with van der Waals surface area (Å²) in [6.45, 7) is 1.04. The van der Waals surface area contributed by atoms with E-state index in [9.17, 15) is 8.42 Å². The van der Waals surface area contributed by atoms with Crippen LogP contribution in [-0.4, -0.2) is 59.5 Å². The van der Waals surface area contributed by atoms with Crippen molar-refractivity contribution < 1.29 is 8.42 Å². The van der Waals surface area contributed by atoms with Crippen molar-refractivity contribution in [3.05, 3.63) is 24.3 Å². The fraction of sp³-hybridized carbons (Fsp3) is 0.636. The zero-order valence-electron chi connectivity index (χ0n) is 10.8. The van der Waals surface area contributed by atoms with Crippen molar-refractivity contribution in [2.24, 2.45) is 5.73 Å². The van der Waals surface area contributed by atoms with Gasteiger partial charge in [-0.3, -0.25) is 4.90 Å². The highest BCUT2D eigenvalue weighted by Gasteiger charge is 2.36. The molecule has 1 aliphatic heterocycles. The molecular formula is C11H18N4O2S2. The molecule has 1 aromatic heterocycles. The second kappa shape index (κ2) is 6.17. The van der Waals surface area contributed by atoms with E-state index in [-0.39, 0.29) is 6.04 Å². The molecule has 0 bridgehead atoms. The maximum atomic E-state index is 11.9. The van der Waals surface area contributed by atoms with E-state index in [1.807, 2.05) is 4.90 Å². The predicted octanol–water partition coefficient (Wildman–Crippen LogP) is -0.104. The van der Waals surface area contributed by atoms with E-state index in [2.05, 4.69) is 9.97 Å². The number of nitrogens with two attached hydrogens (primary N) is 1. The summed E-state index contributed by atoms with van der Waals surface area (Å²) in [5.74, 6) is 1.49. The first-order valence-corrected chi connectivity index (χ1v) is 9.13. The van der Waals surface area contributed by atoms with Crippen LogP contribution in [0, 0.1) is 0 Å². The molecule has 1 aliphatic rings. The van der Waals surface area contributed by atoms with Gasteiger partial charge in [-0.05, 0) is 6.07 Å². The van der Waals surface area contributed by atoms with Gasteiger partial charge >= 0.3 is 0 Å². The summed E-state index contributed by atoms with van der Waals surface area (Å²) in [5, 5.41) is -0.491. The number of sulfone groups is 1. The Balaban J connectivity index is 2.30.